The van der Waals surface area contributed by atoms with E-state index in [-0.39, 0.29) is 0 Å². The van der Waals surface area contributed by atoms with Crippen molar-refractivity contribution in [1.82, 2.24) is 24.7 Å². The first-order valence-corrected chi connectivity index (χ1v) is 9.01. The van der Waals surface area contributed by atoms with Gasteiger partial charge in [0.05, 0.1) is 0 Å². The van der Waals surface area contributed by atoms with E-state index in [0.717, 1.165) is 27.0 Å². The van der Waals surface area contributed by atoms with Gasteiger partial charge in [-0.25, -0.2) is 9.97 Å². The van der Waals surface area contributed by atoms with Crippen molar-refractivity contribution in [3.63, 3.8) is 0 Å². The fraction of sp³-hybridized carbons (Fsp3) is 0.571. The van der Waals surface area contributed by atoms with Crippen molar-refractivity contribution in [2.45, 2.75) is 61.2 Å². The monoisotopic (exact) mass is 365 g/mol. The largest absolute Gasteiger partial charge is 0.302 e. The van der Waals surface area contributed by atoms with E-state index in [1.54, 1.807) is 11.8 Å². The molecule has 7 heteroatoms. The van der Waals surface area contributed by atoms with Gasteiger partial charge in [-0.3, -0.25) is 0 Å². The number of halogens is 1. The molecule has 0 bridgehead atoms. The Labute approximate surface area is 136 Å². The number of hydrogen-bond acceptors (Lipinski definition) is 5. The van der Waals surface area contributed by atoms with Gasteiger partial charge in [0.2, 0.25) is 0 Å². The highest BCUT2D eigenvalue weighted by Gasteiger charge is 2.36. The van der Waals surface area contributed by atoms with Gasteiger partial charge < -0.3 is 4.57 Å². The van der Waals surface area contributed by atoms with Gasteiger partial charge in [-0.05, 0) is 53.4 Å². The molecule has 2 aliphatic rings. The van der Waals surface area contributed by atoms with Crippen molar-refractivity contribution in [1.29, 1.82) is 0 Å². The van der Waals surface area contributed by atoms with E-state index in [0.29, 0.717) is 12.0 Å². The van der Waals surface area contributed by atoms with Gasteiger partial charge >= 0.3 is 0 Å². The molecule has 0 aromatic carbocycles. The minimum atomic E-state index is 0.606. The maximum absolute atomic E-state index is 4.58. The lowest BCUT2D eigenvalue weighted by atomic mass is 10.4. The lowest BCUT2D eigenvalue weighted by Crippen LogP contribution is -2.02. The van der Waals surface area contributed by atoms with E-state index < -0.39 is 0 Å². The Kier molecular flexibility index (Phi) is 3.49. The molecule has 5 nitrogen and oxygen atoms in total. The van der Waals surface area contributed by atoms with Crippen molar-refractivity contribution in [3.05, 3.63) is 22.3 Å². The van der Waals surface area contributed by atoms with Crippen LogP contribution in [0.5, 0.6) is 0 Å². The van der Waals surface area contributed by atoms with Crippen molar-refractivity contribution in [3.8, 4) is 0 Å². The Morgan fingerprint density at radius 2 is 2.05 bits per heavy atom. The number of rotatable bonds is 5. The zero-order valence-corrected chi connectivity index (χ0v) is 14.2. The summed E-state index contributed by atoms with van der Waals surface area (Å²) in [6.07, 6.45) is 5.84. The quantitative estimate of drug-likeness (QED) is 0.755. The van der Waals surface area contributed by atoms with Crippen LogP contribution in [0.15, 0.2) is 20.9 Å². The molecule has 110 valence electrons. The van der Waals surface area contributed by atoms with E-state index in [4.69, 9.17) is 0 Å². The van der Waals surface area contributed by atoms with Crippen LogP contribution in [0.3, 0.4) is 0 Å². The van der Waals surface area contributed by atoms with Crippen LogP contribution < -0.4 is 0 Å². The smallest absolute Gasteiger partial charge is 0.197 e. The van der Waals surface area contributed by atoms with Crippen LogP contribution in [-0.4, -0.2) is 24.7 Å². The standard InChI is InChI=1S/C14H16BrN5S/c1-2-11-16-10(15)7-12(17-11)21-14-19-18-13(8-3-4-8)20(14)9-5-6-9/h7-9H,2-6H2,1H3. The third-order valence-corrected chi connectivity index (χ3v) is 5.06. The normalized spacial score (nSPS) is 18.2. The summed E-state index contributed by atoms with van der Waals surface area (Å²) in [4.78, 5) is 8.94. The average Bonchev–Trinajstić information content (AvgIpc) is 3.37. The Balaban J connectivity index is 1.66. The van der Waals surface area contributed by atoms with E-state index in [1.165, 1.54) is 31.5 Å². The molecule has 21 heavy (non-hydrogen) atoms. The molecular formula is C14H16BrN5S. The van der Waals surface area contributed by atoms with E-state index in [9.17, 15) is 0 Å². The van der Waals surface area contributed by atoms with E-state index in [1.807, 2.05) is 6.07 Å². The Bertz CT molecular complexity index is 678. The highest BCUT2D eigenvalue weighted by atomic mass is 79.9. The first-order chi connectivity index (χ1) is 10.2. The summed E-state index contributed by atoms with van der Waals surface area (Å²) in [7, 11) is 0. The predicted molar refractivity (Wildman–Crippen MR) is 83.5 cm³/mol. The average molecular weight is 366 g/mol. The molecule has 0 amide bonds. The topological polar surface area (TPSA) is 56.5 Å². The van der Waals surface area contributed by atoms with E-state index in [2.05, 4.69) is 47.6 Å². The van der Waals surface area contributed by atoms with E-state index >= 15 is 0 Å². The fourth-order valence-corrected chi connectivity index (χ4v) is 3.90. The molecule has 4 rings (SSSR count). The zero-order valence-electron chi connectivity index (χ0n) is 11.8. The van der Waals surface area contributed by atoms with Gasteiger partial charge in [0.25, 0.3) is 0 Å². The predicted octanol–water partition coefficient (Wildman–Crippen LogP) is 3.76. The molecule has 0 aliphatic heterocycles. The maximum atomic E-state index is 4.58. The SMILES string of the molecule is CCc1nc(Br)cc(Sc2nnc(C3CC3)n2C2CC2)n1. The first kappa shape index (κ1) is 13.7. The molecular weight excluding hydrogens is 350 g/mol. The van der Waals surface area contributed by atoms with Crippen LogP contribution in [0, 0.1) is 0 Å². The molecule has 2 saturated carbocycles. The molecule has 2 fully saturated rings. The Morgan fingerprint density at radius 1 is 1.24 bits per heavy atom. The second-order valence-corrected chi connectivity index (χ2v) is 7.42. The number of hydrogen-bond donors (Lipinski definition) is 0. The minimum Gasteiger partial charge on any atom is -0.302 e. The lowest BCUT2D eigenvalue weighted by molar-refractivity contribution is 0.626. The van der Waals surface area contributed by atoms with Crippen LogP contribution in [-0.2, 0) is 6.42 Å². The molecule has 0 unspecified atom stereocenters. The molecule has 0 spiro atoms. The maximum Gasteiger partial charge on any atom is 0.197 e. The summed E-state index contributed by atoms with van der Waals surface area (Å²) >= 11 is 5.06. The molecule has 0 N–H and O–H groups in total. The van der Waals surface area contributed by atoms with Crippen LogP contribution in [0.1, 0.15) is 56.2 Å². The van der Waals surface area contributed by atoms with Gasteiger partial charge in [0, 0.05) is 24.4 Å². The number of nitrogens with zero attached hydrogens (tertiary/aromatic N) is 5. The highest BCUT2D eigenvalue weighted by Crippen LogP contribution is 2.46. The van der Waals surface area contributed by atoms with Crippen LogP contribution in [0.25, 0.3) is 0 Å². The third-order valence-electron chi connectivity index (χ3n) is 3.78. The molecule has 0 radical (unpaired) electrons. The molecule has 2 aliphatic carbocycles. The number of aryl methyl sites for hydroxylation is 1. The Morgan fingerprint density at radius 3 is 2.71 bits per heavy atom. The molecule has 0 atom stereocenters. The summed E-state index contributed by atoms with van der Waals surface area (Å²) in [5, 5.41) is 10.8. The second kappa shape index (κ2) is 5.35. The molecule has 2 heterocycles. The van der Waals surface area contributed by atoms with Gasteiger partial charge in [0.15, 0.2) is 5.16 Å². The number of aromatic nitrogens is 5. The van der Waals surface area contributed by atoms with Crippen LogP contribution in [0.4, 0.5) is 0 Å². The van der Waals surface area contributed by atoms with Crippen LogP contribution in [0.2, 0.25) is 0 Å². The van der Waals surface area contributed by atoms with Crippen molar-refractivity contribution in [2.24, 2.45) is 0 Å². The van der Waals surface area contributed by atoms with Gasteiger partial charge in [-0.2, -0.15) is 0 Å². The Hall–Kier alpha value is -0.950. The first-order valence-electron chi connectivity index (χ1n) is 7.40. The second-order valence-electron chi connectivity index (χ2n) is 5.62. The molecule has 2 aromatic rings. The summed E-state index contributed by atoms with van der Waals surface area (Å²) in [6, 6.07) is 2.56. The van der Waals surface area contributed by atoms with Crippen molar-refractivity contribution >= 4 is 27.7 Å². The highest BCUT2D eigenvalue weighted by molar-refractivity contribution is 9.10. The third kappa shape index (κ3) is 2.85. The summed E-state index contributed by atoms with van der Waals surface area (Å²) in [6.45, 7) is 2.06. The molecule has 2 aromatic heterocycles. The van der Waals surface area contributed by atoms with Gasteiger partial charge in [0.1, 0.15) is 21.3 Å². The zero-order chi connectivity index (χ0) is 14.4. The summed E-state index contributed by atoms with van der Waals surface area (Å²) in [5.74, 6) is 2.67. The minimum absolute atomic E-state index is 0.606. The molecule has 0 saturated heterocycles. The fourth-order valence-electron chi connectivity index (χ4n) is 2.40. The van der Waals surface area contributed by atoms with Gasteiger partial charge in [-0.15, -0.1) is 10.2 Å². The summed E-state index contributed by atoms with van der Waals surface area (Å²) < 4.78 is 3.18. The van der Waals surface area contributed by atoms with Crippen LogP contribution >= 0.6 is 27.7 Å². The van der Waals surface area contributed by atoms with Crippen molar-refractivity contribution in [2.75, 3.05) is 0 Å². The van der Waals surface area contributed by atoms with Gasteiger partial charge in [-0.1, -0.05) is 6.92 Å². The lowest BCUT2D eigenvalue weighted by Gasteiger charge is -2.08. The summed E-state index contributed by atoms with van der Waals surface area (Å²) in [5.41, 5.74) is 0. The van der Waals surface area contributed by atoms with Crippen molar-refractivity contribution < 1.29 is 0 Å².